The molecule has 0 saturated heterocycles. The van der Waals surface area contributed by atoms with E-state index in [1.165, 1.54) is 0 Å². The lowest BCUT2D eigenvalue weighted by molar-refractivity contribution is -0.145. The molecule has 112 valence electrons. The Kier molecular flexibility index (Phi) is 5.30. The first-order chi connectivity index (χ1) is 9.74. The summed E-state index contributed by atoms with van der Waals surface area (Å²) in [6.45, 7) is 4.90. The van der Waals surface area contributed by atoms with Gasteiger partial charge < -0.3 is 15.2 Å². The average Bonchev–Trinajstić information content (AvgIpc) is 2.41. The molecule has 0 spiro atoms. The van der Waals surface area contributed by atoms with Crippen LogP contribution in [0, 0.1) is 16.7 Å². The number of carbonyl (C=O) groups is 2. The minimum atomic E-state index is -1.09. The first kappa shape index (κ1) is 16.5. The first-order valence-electron chi connectivity index (χ1n) is 6.39. The van der Waals surface area contributed by atoms with Crippen molar-refractivity contribution >= 4 is 11.9 Å². The van der Waals surface area contributed by atoms with E-state index in [-0.39, 0.29) is 6.61 Å². The van der Waals surface area contributed by atoms with E-state index in [1.807, 2.05) is 6.07 Å². The third kappa shape index (κ3) is 5.15. The number of carboxylic acid groups (broad SMARTS) is 1. The van der Waals surface area contributed by atoms with Gasteiger partial charge in [0.05, 0.1) is 11.6 Å². The Bertz CT molecular complexity index is 553. The van der Waals surface area contributed by atoms with Crippen LogP contribution in [0.15, 0.2) is 24.3 Å². The van der Waals surface area contributed by atoms with Gasteiger partial charge in [-0.15, -0.1) is 0 Å². The van der Waals surface area contributed by atoms with Crippen LogP contribution in [0.2, 0.25) is 0 Å². The van der Waals surface area contributed by atoms with Crippen molar-refractivity contribution in [2.45, 2.75) is 26.8 Å². The van der Waals surface area contributed by atoms with Crippen LogP contribution in [-0.2, 0) is 9.59 Å². The van der Waals surface area contributed by atoms with Gasteiger partial charge in [0.2, 0.25) is 0 Å². The third-order valence-corrected chi connectivity index (χ3v) is 2.77. The Morgan fingerprint density at radius 1 is 1.33 bits per heavy atom. The standard InChI is InChI=1S/C15H18N2O4/c1-15(2,3)13(14(19)20)17-12(18)9-21-11-6-4-10(8-16)5-7-11/h4-7,13H,9H2,1-3H3,(H,17,18)(H,19,20). The van der Waals surface area contributed by atoms with Crippen molar-refractivity contribution in [3.63, 3.8) is 0 Å². The largest absolute Gasteiger partial charge is 0.484 e. The first-order valence-corrected chi connectivity index (χ1v) is 6.39. The summed E-state index contributed by atoms with van der Waals surface area (Å²) in [5.41, 5.74) is -0.110. The number of ether oxygens (including phenoxy) is 1. The molecule has 1 rings (SSSR count). The van der Waals surface area contributed by atoms with Crippen LogP contribution < -0.4 is 10.1 Å². The molecule has 0 heterocycles. The number of benzene rings is 1. The van der Waals surface area contributed by atoms with Gasteiger partial charge in [0, 0.05) is 0 Å². The molecule has 6 nitrogen and oxygen atoms in total. The van der Waals surface area contributed by atoms with E-state index in [1.54, 1.807) is 45.0 Å². The van der Waals surface area contributed by atoms with Crippen LogP contribution in [0.1, 0.15) is 26.3 Å². The summed E-state index contributed by atoms with van der Waals surface area (Å²) in [7, 11) is 0. The summed E-state index contributed by atoms with van der Waals surface area (Å²) < 4.78 is 5.25. The van der Waals surface area contributed by atoms with Gasteiger partial charge in [0.1, 0.15) is 11.8 Å². The Balaban J connectivity index is 2.57. The van der Waals surface area contributed by atoms with E-state index in [9.17, 15) is 9.59 Å². The number of carbonyl (C=O) groups excluding carboxylic acids is 1. The number of hydrogen-bond acceptors (Lipinski definition) is 4. The Hall–Kier alpha value is -2.55. The van der Waals surface area contributed by atoms with Crippen LogP contribution in [0.3, 0.4) is 0 Å². The molecular formula is C15H18N2O4. The van der Waals surface area contributed by atoms with Crippen LogP contribution in [0.5, 0.6) is 5.75 Å². The molecule has 0 fully saturated rings. The maximum atomic E-state index is 11.7. The van der Waals surface area contributed by atoms with Crippen LogP contribution in [0.25, 0.3) is 0 Å². The average molecular weight is 290 g/mol. The number of nitrogens with one attached hydrogen (secondary N) is 1. The second kappa shape index (κ2) is 6.75. The predicted octanol–water partition coefficient (Wildman–Crippen LogP) is 1.55. The lowest BCUT2D eigenvalue weighted by atomic mass is 9.87. The number of carboxylic acids is 1. The molecule has 0 saturated carbocycles. The molecule has 0 aliphatic heterocycles. The zero-order valence-electron chi connectivity index (χ0n) is 12.2. The summed E-state index contributed by atoms with van der Waals surface area (Å²) >= 11 is 0. The van der Waals surface area contributed by atoms with E-state index in [0.717, 1.165) is 0 Å². The molecule has 0 aromatic heterocycles. The number of nitriles is 1. The fourth-order valence-electron chi connectivity index (χ4n) is 1.63. The molecule has 0 bridgehead atoms. The number of hydrogen-bond donors (Lipinski definition) is 2. The normalized spacial score (nSPS) is 12.1. The van der Waals surface area contributed by atoms with Gasteiger partial charge in [-0.1, -0.05) is 20.8 Å². The highest BCUT2D eigenvalue weighted by Crippen LogP contribution is 2.19. The van der Waals surface area contributed by atoms with Crippen molar-refractivity contribution in [3.8, 4) is 11.8 Å². The second-order valence-electron chi connectivity index (χ2n) is 5.63. The maximum Gasteiger partial charge on any atom is 0.326 e. The number of amides is 1. The van der Waals surface area contributed by atoms with Crippen molar-refractivity contribution in [1.29, 1.82) is 5.26 Å². The van der Waals surface area contributed by atoms with Gasteiger partial charge in [-0.25, -0.2) is 4.79 Å². The van der Waals surface area contributed by atoms with Crippen molar-refractivity contribution < 1.29 is 19.4 Å². The zero-order valence-corrected chi connectivity index (χ0v) is 12.2. The summed E-state index contributed by atoms with van der Waals surface area (Å²) in [4.78, 5) is 22.9. The molecule has 1 aromatic rings. The van der Waals surface area contributed by atoms with Crippen LogP contribution in [0.4, 0.5) is 0 Å². The van der Waals surface area contributed by atoms with Gasteiger partial charge in [-0.2, -0.15) is 5.26 Å². The highest BCUT2D eigenvalue weighted by atomic mass is 16.5. The van der Waals surface area contributed by atoms with Gasteiger partial charge in [-0.3, -0.25) is 4.79 Å². The molecule has 2 N–H and O–H groups in total. The molecule has 1 atom stereocenters. The molecule has 1 unspecified atom stereocenters. The number of aliphatic carboxylic acids is 1. The Labute approximate surface area is 123 Å². The van der Waals surface area contributed by atoms with Crippen molar-refractivity contribution in [1.82, 2.24) is 5.32 Å². The van der Waals surface area contributed by atoms with Gasteiger partial charge >= 0.3 is 5.97 Å². The van der Waals surface area contributed by atoms with Crippen molar-refractivity contribution in [2.75, 3.05) is 6.61 Å². The smallest absolute Gasteiger partial charge is 0.326 e. The van der Waals surface area contributed by atoms with E-state index < -0.39 is 23.3 Å². The van der Waals surface area contributed by atoms with Crippen LogP contribution >= 0.6 is 0 Å². The van der Waals surface area contributed by atoms with E-state index in [2.05, 4.69) is 5.32 Å². The lowest BCUT2D eigenvalue weighted by Gasteiger charge is -2.27. The molecule has 21 heavy (non-hydrogen) atoms. The minimum absolute atomic E-state index is 0.286. The molecular weight excluding hydrogens is 272 g/mol. The van der Waals surface area contributed by atoms with E-state index in [4.69, 9.17) is 15.1 Å². The molecule has 1 amide bonds. The van der Waals surface area contributed by atoms with Crippen molar-refractivity contribution in [3.05, 3.63) is 29.8 Å². The fraction of sp³-hybridized carbons (Fsp3) is 0.400. The molecule has 6 heteroatoms. The quantitative estimate of drug-likeness (QED) is 0.857. The summed E-state index contributed by atoms with van der Waals surface area (Å²) in [5.74, 6) is -1.16. The van der Waals surface area contributed by atoms with E-state index >= 15 is 0 Å². The predicted molar refractivity (Wildman–Crippen MR) is 75.7 cm³/mol. The highest BCUT2D eigenvalue weighted by molar-refractivity contribution is 5.84. The minimum Gasteiger partial charge on any atom is -0.484 e. The van der Waals surface area contributed by atoms with Crippen molar-refractivity contribution in [2.24, 2.45) is 5.41 Å². The van der Waals surface area contributed by atoms with Gasteiger partial charge in [0.15, 0.2) is 6.61 Å². The topological polar surface area (TPSA) is 99.4 Å². The zero-order chi connectivity index (χ0) is 16.0. The summed E-state index contributed by atoms with van der Waals surface area (Å²) in [6.07, 6.45) is 0. The Morgan fingerprint density at radius 2 is 1.90 bits per heavy atom. The maximum absolute atomic E-state index is 11.7. The highest BCUT2D eigenvalue weighted by Gasteiger charge is 2.32. The number of nitrogens with zero attached hydrogens (tertiary/aromatic N) is 1. The number of rotatable bonds is 5. The van der Waals surface area contributed by atoms with Crippen LogP contribution in [-0.4, -0.2) is 29.6 Å². The molecule has 0 aliphatic rings. The Morgan fingerprint density at radius 3 is 2.33 bits per heavy atom. The summed E-state index contributed by atoms with van der Waals surface area (Å²) in [6, 6.07) is 7.27. The fourth-order valence-corrected chi connectivity index (χ4v) is 1.63. The molecule has 0 aliphatic carbocycles. The third-order valence-electron chi connectivity index (χ3n) is 2.77. The van der Waals surface area contributed by atoms with E-state index in [0.29, 0.717) is 11.3 Å². The molecule has 1 aromatic carbocycles. The van der Waals surface area contributed by atoms with Gasteiger partial charge in [0.25, 0.3) is 5.91 Å². The summed E-state index contributed by atoms with van der Waals surface area (Å²) in [5, 5.41) is 20.2. The second-order valence-corrected chi connectivity index (χ2v) is 5.63. The lowest BCUT2D eigenvalue weighted by Crippen LogP contribution is -2.50. The molecule has 0 radical (unpaired) electrons. The van der Waals surface area contributed by atoms with Gasteiger partial charge in [-0.05, 0) is 29.7 Å². The SMILES string of the molecule is CC(C)(C)C(NC(=O)COc1ccc(C#N)cc1)C(=O)O. The monoisotopic (exact) mass is 290 g/mol.